The first-order valence-corrected chi connectivity index (χ1v) is 3.16. The minimum Gasteiger partial charge on any atom is -0.394 e. The van der Waals surface area contributed by atoms with Gasteiger partial charge in [-0.25, -0.2) is 0 Å². The van der Waals surface area contributed by atoms with E-state index in [-0.39, 0.29) is 12.7 Å². The Morgan fingerprint density at radius 2 is 2.33 bits per heavy atom. The summed E-state index contributed by atoms with van der Waals surface area (Å²) in [5.41, 5.74) is 0. The molecule has 2 heteroatoms. The summed E-state index contributed by atoms with van der Waals surface area (Å²) < 4.78 is 5.09. The minimum absolute atomic E-state index is 0.0991. The van der Waals surface area contributed by atoms with Gasteiger partial charge in [-0.2, -0.15) is 0 Å². The van der Waals surface area contributed by atoms with Crippen LogP contribution in [0.2, 0.25) is 0 Å². The van der Waals surface area contributed by atoms with Crippen LogP contribution < -0.4 is 0 Å². The molecule has 0 fully saturated rings. The van der Waals surface area contributed by atoms with Crippen LogP contribution in [-0.2, 0) is 4.74 Å². The molecule has 54 valence electrons. The van der Waals surface area contributed by atoms with E-state index in [4.69, 9.17) is 9.84 Å². The number of rotatable bonds is 4. The third-order valence-corrected chi connectivity index (χ3v) is 0.935. The summed E-state index contributed by atoms with van der Waals surface area (Å²) in [6.07, 6.45) is 4.00. The van der Waals surface area contributed by atoms with Crippen LogP contribution >= 0.6 is 0 Å². The molecule has 0 aromatic carbocycles. The molecule has 0 spiro atoms. The van der Waals surface area contributed by atoms with Gasteiger partial charge in [0.25, 0.3) is 0 Å². The van der Waals surface area contributed by atoms with Gasteiger partial charge >= 0.3 is 0 Å². The lowest BCUT2D eigenvalue weighted by molar-refractivity contribution is 0.0640. The molecule has 0 heterocycles. The lowest BCUT2D eigenvalue weighted by atomic mass is 10.4. The Hall–Kier alpha value is -0.340. The Bertz CT molecular complexity index is 79.0. The summed E-state index contributed by atoms with van der Waals surface area (Å²) in [6, 6.07) is 0. The summed E-state index contributed by atoms with van der Waals surface area (Å²) in [5.74, 6) is 0. The summed E-state index contributed by atoms with van der Waals surface area (Å²) in [5, 5.41) is 8.33. The molecule has 0 bridgehead atoms. The molecule has 0 amide bonds. The average Bonchev–Trinajstić information content (AvgIpc) is 1.85. The largest absolute Gasteiger partial charge is 0.394 e. The monoisotopic (exact) mass is 130 g/mol. The van der Waals surface area contributed by atoms with Crippen molar-refractivity contribution in [3.8, 4) is 0 Å². The molecule has 0 saturated carbocycles. The van der Waals surface area contributed by atoms with Crippen LogP contribution in [0.5, 0.6) is 0 Å². The molecule has 0 unspecified atom stereocenters. The molecule has 0 aliphatic heterocycles. The molecular weight excluding hydrogens is 116 g/mol. The van der Waals surface area contributed by atoms with E-state index in [0.29, 0.717) is 6.61 Å². The molecule has 0 aliphatic carbocycles. The van der Waals surface area contributed by atoms with Crippen molar-refractivity contribution >= 4 is 0 Å². The number of hydrogen-bond donors (Lipinski definition) is 1. The van der Waals surface area contributed by atoms with E-state index in [1.807, 2.05) is 26.0 Å². The summed E-state index contributed by atoms with van der Waals surface area (Å²) in [6.45, 7) is 4.40. The maximum Gasteiger partial charge on any atom is 0.0728 e. The Balaban J connectivity index is 3.15. The van der Waals surface area contributed by atoms with E-state index >= 15 is 0 Å². The van der Waals surface area contributed by atoms with Gasteiger partial charge in [0.05, 0.1) is 19.3 Å². The zero-order valence-corrected chi connectivity index (χ0v) is 6.00. The first-order chi connectivity index (χ1) is 4.31. The van der Waals surface area contributed by atoms with Gasteiger partial charge in [-0.05, 0) is 13.8 Å². The SMILES string of the molecule is C/C=C/[C@@H](C)OCCO. The predicted molar refractivity (Wildman–Crippen MR) is 37.3 cm³/mol. The normalized spacial score (nSPS) is 14.6. The van der Waals surface area contributed by atoms with Crippen molar-refractivity contribution in [2.75, 3.05) is 13.2 Å². The van der Waals surface area contributed by atoms with E-state index in [0.717, 1.165) is 0 Å². The van der Waals surface area contributed by atoms with E-state index in [1.165, 1.54) is 0 Å². The molecule has 0 rings (SSSR count). The first-order valence-electron chi connectivity index (χ1n) is 3.16. The van der Waals surface area contributed by atoms with Gasteiger partial charge in [0.1, 0.15) is 0 Å². The van der Waals surface area contributed by atoms with E-state index in [1.54, 1.807) is 0 Å². The molecule has 0 aromatic rings. The molecule has 1 atom stereocenters. The molecule has 0 radical (unpaired) electrons. The third kappa shape index (κ3) is 5.53. The third-order valence-electron chi connectivity index (χ3n) is 0.935. The van der Waals surface area contributed by atoms with E-state index in [9.17, 15) is 0 Å². The molecular formula is C7H14O2. The van der Waals surface area contributed by atoms with Crippen molar-refractivity contribution in [1.29, 1.82) is 0 Å². The van der Waals surface area contributed by atoms with E-state index in [2.05, 4.69) is 0 Å². The van der Waals surface area contributed by atoms with Crippen molar-refractivity contribution in [3.05, 3.63) is 12.2 Å². The standard InChI is InChI=1S/C7H14O2/c1-3-4-7(2)9-6-5-8/h3-4,7-8H,5-6H2,1-2H3/b4-3+/t7-/m1/s1. The van der Waals surface area contributed by atoms with Crippen LogP contribution in [0.25, 0.3) is 0 Å². The number of hydrogen-bond acceptors (Lipinski definition) is 2. The highest BCUT2D eigenvalue weighted by Crippen LogP contribution is 1.90. The Labute approximate surface area is 56.1 Å². The fraction of sp³-hybridized carbons (Fsp3) is 0.714. The number of aliphatic hydroxyl groups excluding tert-OH is 1. The van der Waals surface area contributed by atoms with Crippen LogP contribution in [0.4, 0.5) is 0 Å². The van der Waals surface area contributed by atoms with Crippen LogP contribution in [0.3, 0.4) is 0 Å². The van der Waals surface area contributed by atoms with Crippen LogP contribution in [0, 0.1) is 0 Å². The second-order valence-electron chi connectivity index (χ2n) is 1.83. The summed E-state index contributed by atoms with van der Waals surface area (Å²) in [4.78, 5) is 0. The molecule has 0 aliphatic rings. The van der Waals surface area contributed by atoms with Gasteiger partial charge in [-0.1, -0.05) is 12.2 Å². The topological polar surface area (TPSA) is 29.5 Å². The quantitative estimate of drug-likeness (QED) is 0.574. The summed E-state index contributed by atoms with van der Waals surface area (Å²) in [7, 11) is 0. The average molecular weight is 130 g/mol. The van der Waals surface area contributed by atoms with Gasteiger partial charge in [-0.15, -0.1) is 0 Å². The maximum atomic E-state index is 8.33. The van der Waals surface area contributed by atoms with Crippen LogP contribution in [0.15, 0.2) is 12.2 Å². The van der Waals surface area contributed by atoms with Gasteiger partial charge in [0, 0.05) is 0 Å². The van der Waals surface area contributed by atoms with Gasteiger partial charge in [-0.3, -0.25) is 0 Å². The van der Waals surface area contributed by atoms with E-state index < -0.39 is 0 Å². The molecule has 2 nitrogen and oxygen atoms in total. The van der Waals surface area contributed by atoms with Crippen molar-refractivity contribution in [1.82, 2.24) is 0 Å². The fourth-order valence-electron chi connectivity index (χ4n) is 0.565. The smallest absolute Gasteiger partial charge is 0.0728 e. The fourth-order valence-corrected chi connectivity index (χ4v) is 0.565. The lowest BCUT2D eigenvalue weighted by Gasteiger charge is -2.05. The highest BCUT2D eigenvalue weighted by molar-refractivity contribution is 4.83. The van der Waals surface area contributed by atoms with Crippen molar-refractivity contribution in [2.24, 2.45) is 0 Å². The Morgan fingerprint density at radius 1 is 1.67 bits per heavy atom. The second kappa shape index (κ2) is 5.79. The minimum atomic E-state index is 0.0991. The van der Waals surface area contributed by atoms with Gasteiger partial charge in [0.15, 0.2) is 0 Å². The van der Waals surface area contributed by atoms with Crippen molar-refractivity contribution in [2.45, 2.75) is 20.0 Å². The van der Waals surface area contributed by atoms with Crippen LogP contribution in [0.1, 0.15) is 13.8 Å². The number of allylic oxidation sites excluding steroid dienone is 1. The van der Waals surface area contributed by atoms with Crippen molar-refractivity contribution in [3.63, 3.8) is 0 Å². The van der Waals surface area contributed by atoms with Crippen LogP contribution in [-0.4, -0.2) is 24.4 Å². The van der Waals surface area contributed by atoms with Gasteiger partial charge < -0.3 is 9.84 Å². The number of aliphatic hydroxyl groups is 1. The molecule has 1 N–H and O–H groups in total. The van der Waals surface area contributed by atoms with Gasteiger partial charge in [0.2, 0.25) is 0 Å². The Morgan fingerprint density at radius 3 is 2.78 bits per heavy atom. The molecule has 0 saturated heterocycles. The zero-order valence-electron chi connectivity index (χ0n) is 6.00. The maximum absolute atomic E-state index is 8.33. The summed E-state index contributed by atoms with van der Waals surface area (Å²) >= 11 is 0. The highest BCUT2D eigenvalue weighted by Gasteiger charge is 1.92. The van der Waals surface area contributed by atoms with Crippen molar-refractivity contribution < 1.29 is 9.84 Å². The number of ether oxygens (including phenoxy) is 1. The zero-order chi connectivity index (χ0) is 7.11. The second-order valence-corrected chi connectivity index (χ2v) is 1.83. The predicted octanol–water partition coefficient (Wildman–Crippen LogP) is 0.960. The molecule has 9 heavy (non-hydrogen) atoms. The molecule has 0 aromatic heterocycles. The first kappa shape index (κ1) is 8.66. The lowest BCUT2D eigenvalue weighted by Crippen LogP contribution is -2.07. The Kier molecular flexibility index (Phi) is 5.57. The highest BCUT2D eigenvalue weighted by atomic mass is 16.5.